The number of rotatable bonds is 12. The third-order valence-corrected chi connectivity index (χ3v) is 10.6. The molecule has 13 nitrogen and oxygen atoms in total. The van der Waals surface area contributed by atoms with Crippen LogP contribution in [0.15, 0.2) is 72.9 Å². The topological polar surface area (TPSA) is 145 Å². The average Bonchev–Trinajstić information content (AvgIpc) is 3.72. The molecule has 2 amide bonds. The van der Waals surface area contributed by atoms with Gasteiger partial charge in [-0.1, -0.05) is 36.4 Å². The predicted octanol–water partition coefficient (Wildman–Crippen LogP) is 6.33. The first-order chi connectivity index (χ1) is 25.1. The highest BCUT2D eigenvalue weighted by Gasteiger charge is 2.29. The van der Waals surface area contributed by atoms with Crippen molar-refractivity contribution in [1.29, 1.82) is 0 Å². The van der Waals surface area contributed by atoms with E-state index in [1.165, 1.54) is 30.4 Å². The smallest absolute Gasteiger partial charge is 0.320 e. The Labute approximate surface area is 304 Å². The van der Waals surface area contributed by atoms with E-state index in [0.717, 1.165) is 61.3 Å². The Kier molecular flexibility index (Phi) is 10.5. The van der Waals surface area contributed by atoms with E-state index in [9.17, 15) is 13.2 Å². The van der Waals surface area contributed by atoms with Crippen molar-refractivity contribution in [3.8, 4) is 11.4 Å². The number of anilines is 2. The molecule has 3 atom stereocenters. The summed E-state index contributed by atoms with van der Waals surface area (Å²) in [7, 11) is -3.54. The molecule has 1 saturated heterocycles. The first-order valence-corrected chi connectivity index (χ1v) is 19.8. The number of aryl methyl sites for hydroxylation is 2. The van der Waals surface area contributed by atoms with Gasteiger partial charge in [0.15, 0.2) is 5.65 Å². The highest BCUT2D eigenvalue weighted by Crippen LogP contribution is 2.40. The molecular weight excluding hydrogens is 681 g/mol. The maximum absolute atomic E-state index is 13.5. The third kappa shape index (κ3) is 8.23. The van der Waals surface area contributed by atoms with Gasteiger partial charge in [-0.2, -0.15) is 13.5 Å². The Morgan fingerprint density at radius 3 is 2.63 bits per heavy atom. The van der Waals surface area contributed by atoms with Gasteiger partial charge in [-0.15, -0.1) is 10.2 Å². The molecule has 3 aromatic heterocycles. The molecule has 2 N–H and O–H groups in total. The van der Waals surface area contributed by atoms with Gasteiger partial charge in [0, 0.05) is 30.9 Å². The molecule has 0 spiro atoms. The van der Waals surface area contributed by atoms with Gasteiger partial charge < -0.3 is 15.0 Å². The molecule has 0 bridgehead atoms. The second-order valence-electron chi connectivity index (χ2n) is 13.9. The van der Waals surface area contributed by atoms with Gasteiger partial charge >= 0.3 is 6.03 Å². The summed E-state index contributed by atoms with van der Waals surface area (Å²) in [5.74, 6) is 2.35. The van der Waals surface area contributed by atoms with E-state index in [1.807, 2.05) is 25.1 Å². The largest absolute Gasteiger partial charge is 0.491 e. The van der Waals surface area contributed by atoms with Crippen molar-refractivity contribution in [3.05, 3.63) is 95.3 Å². The maximum atomic E-state index is 13.5. The summed E-state index contributed by atoms with van der Waals surface area (Å²) < 4.78 is 36.7. The minimum atomic E-state index is -3.54. The summed E-state index contributed by atoms with van der Waals surface area (Å²) in [6.07, 6.45) is 10.6. The molecule has 5 aromatic rings. The molecule has 52 heavy (non-hydrogen) atoms. The molecule has 0 saturated carbocycles. The fourth-order valence-electron chi connectivity index (χ4n) is 7.48. The molecule has 2 aliphatic rings. The number of carbonyl (C=O) groups excluding carboxylic acids is 1. The van der Waals surface area contributed by atoms with Gasteiger partial charge in [0.05, 0.1) is 23.7 Å². The lowest BCUT2D eigenvalue weighted by molar-refractivity contribution is 0.222. The summed E-state index contributed by atoms with van der Waals surface area (Å²) in [6, 6.07) is 21.7. The van der Waals surface area contributed by atoms with Crippen molar-refractivity contribution in [2.75, 3.05) is 36.2 Å². The minimum Gasteiger partial charge on any atom is -0.491 e. The highest BCUT2D eigenvalue weighted by atomic mass is 32.2. The van der Waals surface area contributed by atoms with Crippen molar-refractivity contribution < 1.29 is 22.1 Å². The normalized spacial score (nSPS) is 19.0. The molecule has 1 aliphatic heterocycles. The number of aromatic nitrogens is 5. The Morgan fingerprint density at radius 1 is 0.962 bits per heavy atom. The van der Waals surface area contributed by atoms with E-state index >= 15 is 0 Å². The number of pyridine rings is 1. The van der Waals surface area contributed by atoms with Gasteiger partial charge in [-0.05, 0) is 99.6 Å². The lowest BCUT2D eigenvalue weighted by atomic mass is 9.77. The minimum absolute atomic E-state index is 0.0595. The fraction of sp³-hybridized carbons (Fsp3) is 0.421. The van der Waals surface area contributed by atoms with Crippen LogP contribution in [0.5, 0.6) is 5.75 Å². The Morgan fingerprint density at radius 2 is 1.81 bits per heavy atom. The Bertz CT molecular complexity index is 2150. The molecular formula is C38H46N8O5S. The molecule has 7 rings (SSSR count). The zero-order valence-electron chi connectivity index (χ0n) is 29.9. The number of ether oxygens (including phenoxy) is 1. The average molecular weight is 727 g/mol. The number of urea groups is 1. The summed E-state index contributed by atoms with van der Waals surface area (Å²) in [6.45, 7) is 5.11. The summed E-state index contributed by atoms with van der Waals surface area (Å²) in [5, 5.41) is 19.8. The number of fused-ring (bicyclic) bond motifs is 2. The molecule has 2 aromatic carbocycles. The quantitative estimate of drug-likeness (QED) is 0.111. The van der Waals surface area contributed by atoms with Gasteiger partial charge in [0.25, 0.3) is 10.1 Å². The van der Waals surface area contributed by atoms with E-state index in [2.05, 4.69) is 78.7 Å². The second-order valence-corrected chi connectivity index (χ2v) is 15.5. The number of hydrogen-bond acceptors (Lipinski definition) is 9. The SMILES string of the molecule is Cc1cc(NC(=O)N[C@H]2CC[C@@H](CCc3ccc4nnc(N5CCCC[C@@H]5C)n4c3)c3ccccc32)n(-c2cccc(OCCOS(C)(=O)=O)c2)n1. The van der Waals surface area contributed by atoms with Crippen LogP contribution in [0.4, 0.5) is 16.6 Å². The highest BCUT2D eigenvalue weighted by molar-refractivity contribution is 7.85. The fourth-order valence-corrected chi connectivity index (χ4v) is 7.85. The van der Waals surface area contributed by atoms with Crippen molar-refractivity contribution in [2.24, 2.45) is 0 Å². The number of amides is 2. The summed E-state index contributed by atoms with van der Waals surface area (Å²) in [4.78, 5) is 15.9. The van der Waals surface area contributed by atoms with Crippen LogP contribution in [0, 0.1) is 6.92 Å². The van der Waals surface area contributed by atoms with E-state index in [4.69, 9.17) is 8.92 Å². The van der Waals surface area contributed by atoms with Crippen molar-refractivity contribution in [1.82, 2.24) is 29.7 Å². The monoisotopic (exact) mass is 726 g/mol. The zero-order valence-corrected chi connectivity index (χ0v) is 30.7. The number of nitrogens with zero attached hydrogens (tertiary/aromatic N) is 6. The van der Waals surface area contributed by atoms with Crippen LogP contribution in [0.3, 0.4) is 0 Å². The van der Waals surface area contributed by atoms with Gasteiger partial charge in [-0.25, -0.2) is 9.48 Å². The third-order valence-electron chi connectivity index (χ3n) is 9.99. The van der Waals surface area contributed by atoms with Gasteiger partial charge in [0.2, 0.25) is 5.95 Å². The van der Waals surface area contributed by atoms with E-state index < -0.39 is 10.1 Å². The first kappa shape index (κ1) is 35.5. The molecule has 274 valence electrons. The van der Waals surface area contributed by atoms with Gasteiger partial charge in [0.1, 0.15) is 24.8 Å². The van der Waals surface area contributed by atoms with Crippen molar-refractivity contribution in [2.45, 2.75) is 76.8 Å². The van der Waals surface area contributed by atoms with Crippen LogP contribution in [-0.4, -0.2) is 70.9 Å². The predicted molar refractivity (Wildman–Crippen MR) is 200 cm³/mol. The Hall–Kier alpha value is -4.95. The molecule has 1 aliphatic carbocycles. The van der Waals surface area contributed by atoms with Crippen LogP contribution in [0.1, 0.15) is 79.8 Å². The van der Waals surface area contributed by atoms with E-state index in [1.54, 1.807) is 22.9 Å². The number of carbonyl (C=O) groups is 1. The molecule has 0 radical (unpaired) electrons. The lowest BCUT2D eigenvalue weighted by Gasteiger charge is -2.33. The van der Waals surface area contributed by atoms with E-state index in [-0.39, 0.29) is 25.3 Å². The van der Waals surface area contributed by atoms with Crippen LogP contribution >= 0.6 is 0 Å². The van der Waals surface area contributed by atoms with Crippen LogP contribution in [0.25, 0.3) is 11.3 Å². The summed E-state index contributed by atoms with van der Waals surface area (Å²) in [5.41, 5.74) is 5.99. The number of benzene rings is 2. The Balaban J connectivity index is 0.993. The first-order valence-electron chi connectivity index (χ1n) is 18.0. The van der Waals surface area contributed by atoms with Crippen LogP contribution in [-0.2, 0) is 20.7 Å². The standard InChI is InChI=1S/C38H46N8O5S/c1-26-23-36(46(43-26)30-10-8-11-31(24-30)50-21-22-51-52(3,48)49)40-37(47)39-34-18-17-29(32-12-4-5-13-33(32)34)16-14-28-15-19-35-41-42-38(45(35)25-28)44-20-7-6-9-27(44)2/h4-5,8,10-13,15,19,23-25,27,29,34H,6-7,9,14,16-18,20-22H2,1-3H3,(H2,39,40,47)/t27-,29+,34-/m0/s1. The maximum Gasteiger partial charge on any atom is 0.320 e. The molecule has 0 unspecified atom stereocenters. The van der Waals surface area contributed by atoms with Crippen molar-refractivity contribution in [3.63, 3.8) is 0 Å². The number of hydrogen-bond donors (Lipinski definition) is 2. The molecule has 4 heterocycles. The van der Waals surface area contributed by atoms with Crippen LogP contribution < -0.4 is 20.3 Å². The van der Waals surface area contributed by atoms with E-state index in [0.29, 0.717) is 29.2 Å². The number of nitrogens with one attached hydrogen (secondary N) is 2. The summed E-state index contributed by atoms with van der Waals surface area (Å²) >= 11 is 0. The van der Waals surface area contributed by atoms with Crippen LogP contribution in [0.2, 0.25) is 0 Å². The number of piperidine rings is 1. The molecule has 1 fully saturated rings. The molecule has 14 heteroatoms. The lowest BCUT2D eigenvalue weighted by Crippen LogP contribution is -2.38. The van der Waals surface area contributed by atoms with Crippen molar-refractivity contribution >= 4 is 33.6 Å². The zero-order chi connectivity index (χ0) is 36.2. The van der Waals surface area contributed by atoms with Gasteiger partial charge in [-0.3, -0.25) is 13.9 Å². The second kappa shape index (κ2) is 15.3.